The number of hydrogen-bond acceptors (Lipinski definition) is 12. The monoisotopic (exact) mass is 1000 g/mol. The third-order valence-corrected chi connectivity index (χ3v) is 17.2. The van der Waals surface area contributed by atoms with Crippen LogP contribution in [0.4, 0.5) is 0 Å². The van der Waals surface area contributed by atoms with Crippen LogP contribution in [0.15, 0.2) is 60.3 Å². The van der Waals surface area contributed by atoms with Crippen molar-refractivity contribution in [1.82, 2.24) is 20.5 Å². The zero-order chi connectivity index (χ0) is 50.9. The largest absolute Gasteiger partial charge is 0.512 e. The number of phenols is 1. The number of thiazole rings is 1. The number of aryl methyl sites for hydroxylation is 1. The summed E-state index contributed by atoms with van der Waals surface area (Å²) < 4.78 is 23.0. The second-order valence-corrected chi connectivity index (χ2v) is 22.7. The number of hydrogen-bond donors (Lipinski definition) is 5. The van der Waals surface area contributed by atoms with Crippen LogP contribution in [0.1, 0.15) is 121 Å². The number of phenolic OH excluding ortho intramolecular Hbond substituents is 1. The maximum atomic E-state index is 14.0. The average molecular weight is 1000 g/mol. The number of aromatic hydroxyl groups is 1. The molecule has 1 spiro atoms. The van der Waals surface area contributed by atoms with Crippen molar-refractivity contribution in [2.75, 3.05) is 59.4 Å². The molecule has 390 valence electrons. The molecule has 2 saturated carbocycles. The van der Waals surface area contributed by atoms with Gasteiger partial charge in [-0.3, -0.25) is 14.4 Å². The zero-order valence-electron chi connectivity index (χ0n) is 43.0. The molecule has 3 fully saturated rings. The lowest BCUT2D eigenvalue weighted by atomic mass is 9.62. The van der Waals surface area contributed by atoms with Crippen molar-refractivity contribution in [3.8, 4) is 16.2 Å². The summed E-state index contributed by atoms with van der Waals surface area (Å²) in [5.41, 5.74) is 6.75. The van der Waals surface area contributed by atoms with E-state index >= 15 is 0 Å². The molecular weight excluding hydrogens is 921 g/mol. The molecule has 9 atom stereocenters. The Hall–Kier alpha value is -4.38. The lowest BCUT2D eigenvalue weighted by Crippen LogP contribution is -2.58. The van der Waals surface area contributed by atoms with Gasteiger partial charge >= 0.3 is 0 Å². The fourth-order valence-corrected chi connectivity index (χ4v) is 13.2. The van der Waals surface area contributed by atoms with Crippen molar-refractivity contribution >= 4 is 29.1 Å². The third kappa shape index (κ3) is 12.9. The molecule has 15 heteroatoms. The molecule has 5 N–H and O–H groups in total. The molecule has 4 aliphatic rings. The highest BCUT2D eigenvalue weighted by Gasteiger charge is 2.69. The number of β-amino-alcohol motifs (C(OH)–C–C–N with tert-alkyl or cyclic N) is 1. The molecule has 14 nitrogen and oxygen atoms in total. The van der Waals surface area contributed by atoms with Gasteiger partial charge < -0.3 is 49.8 Å². The van der Waals surface area contributed by atoms with Crippen LogP contribution < -0.4 is 10.6 Å². The number of ether oxygens (including phenoxy) is 4. The van der Waals surface area contributed by atoms with Crippen LogP contribution in [-0.2, 0) is 46.3 Å². The first-order valence-corrected chi connectivity index (χ1v) is 26.9. The van der Waals surface area contributed by atoms with Gasteiger partial charge in [-0.1, -0.05) is 84.4 Å². The van der Waals surface area contributed by atoms with Gasteiger partial charge in [-0.25, -0.2) is 4.98 Å². The smallest absolute Gasteiger partial charge is 0.246 e. The first kappa shape index (κ1) is 54.4. The number of carbonyl (C=O) groups is 3. The first-order chi connectivity index (χ1) is 34.0. The number of aliphatic hydroxyl groups excluding tert-OH is 2. The number of carbonyl (C=O) groups excluding carboxylic acids is 3. The minimum absolute atomic E-state index is 0.00380. The van der Waals surface area contributed by atoms with E-state index < -0.39 is 35.4 Å². The van der Waals surface area contributed by atoms with Crippen LogP contribution >= 0.6 is 11.3 Å². The molecule has 2 aromatic carbocycles. The predicted octanol–water partition coefficient (Wildman–Crippen LogP) is 8.42. The number of nitrogens with one attached hydrogen (secondary N) is 2. The van der Waals surface area contributed by atoms with E-state index in [1.54, 1.807) is 11.3 Å². The van der Waals surface area contributed by atoms with Crippen LogP contribution in [0.3, 0.4) is 0 Å². The average Bonchev–Trinajstić information content (AvgIpc) is 3.69. The molecular formula is C56H80N4O10S. The van der Waals surface area contributed by atoms with E-state index in [0.717, 1.165) is 66.6 Å². The van der Waals surface area contributed by atoms with Crippen LogP contribution in [0.25, 0.3) is 10.4 Å². The summed E-state index contributed by atoms with van der Waals surface area (Å²) in [4.78, 5) is 47.2. The molecule has 3 amide bonds. The second kappa shape index (κ2) is 24.1. The van der Waals surface area contributed by atoms with E-state index in [9.17, 15) is 29.7 Å². The van der Waals surface area contributed by atoms with Crippen molar-refractivity contribution in [3.05, 3.63) is 82.7 Å². The number of rotatable bonds is 25. The Morgan fingerprint density at radius 3 is 2.32 bits per heavy atom. The highest BCUT2D eigenvalue weighted by Crippen LogP contribution is 2.77. The Morgan fingerprint density at radius 2 is 1.66 bits per heavy atom. The standard InChI is InChI=1S/C56H80N4O10S/c1-8-45-47-31-56(47)41(28-40-29-42(62)17-18-44(40)46(56)19-20-55(45,7)37(3)61)12-9-10-21-67-24-26-69-27-25-68-22-11-23-70-34-49(64)59-51(54(4,5)6)53(66)60-33-43(63)30-48(60)52(65)57-32-38-13-15-39(16-14-38)50-36(2)58-35-71-50/h13-18,29,35,41,43,45-48,51,61-63H,3,8-12,19-28,30-34H2,1-2,4-7H3,(H,57,65)(H,59,64)/t41-,43-,45+,46-,47+,48+,51-,55-,56-/m1/s1. The molecule has 7 rings (SSSR count). The van der Waals surface area contributed by atoms with E-state index in [0.29, 0.717) is 87.8 Å². The SMILES string of the molecule is C=C(O)[C@@]1(C)CC[C@@H]2c3ccc(O)cc3C[C@@H](CCCCOCCOCCOCCCOCC(=O)N[C@H](C(=O)N3C[C@H](O)C[C@H]3C(=O)NCc3ccc(-c4scnc4C)cc3)C(C)(C)C)[C@]23C[C@H]3[C@@H]1CC. The normalized spacial score (nSPS) is 26.2. The van der Waals surface area contributed by atoms with E-state index in [1.807, 2.05) is 69.6 Å². The maximum absolute atomic E-state index is 14.0. The van der Waals surface area contributed by atoms with Crippen LogP contribution in [-0.4, -0.2) is 121 Å². The minimum atomic E-state index is -0.944. The van der Waals surface area contributed by atoms with Crippen LogP contribution in [0, 0.1) is 40.9 Å². The summed E-state index contributed by atoms with van der Waals surface area (Å²) in [6.45, 7) is 19.4. The van der Waals surface area contributed by atoms with Crippen LogP contribution in [0.5, 0.6) is 5.75 Å². The number of allylic oxidation sites excluding steroid dienone is 1. The van der Waals surface area contributed by atoms with Gasteiger partial charge in [0.25, 0.3) is 0 Å². The number of nitrogens with zero attached hydrogens (tertiary/aromatic N) is 2. The number of likely N-dealkylation sites (tertiary alicyclic amines) is 1. The zero-order valence-corrected chi connectivity index (χ0v) is 43.8. The Kier molecular flexibility index (Phi) is 18.5. The van der Waals surface area contributed by atoms with Gasteiger partial charge in [0.1, 0.15) is 24.4 Å². The summed E-state index contributed by atoms with van der Waals surface area (Å²) in [6.07, 6.45) is 8.25. The molecule has 0 radical (unpaired) electrons. The molecule has 1 aliphatic heterocycles. The van der Waals surface area contributed by atoms with Gasteiger partial charge in [-0.2, -0.15) is 0 Å². The Labute approximate surface area is 425 Å². The molecule has 71 heavy (non-hydrogen) atoms. The predicted molar refractivity (Wildman–Crippen MR) is 275 cm³/mol. The van der Waals surface area contributed by atoms with Gasteiger partial charge in [0.15, 0.2) is 0 Å². The highest BCUT2D eigenvalue weighted by atomic mass is 32.1. The summed E-state index contributed by atoms with van der Waals surface area (Å²) in [5, 5.41) is 37.6. The maximum Gasteiger partial charge on any atom is 0.246 e. The Balaban J connectivity index is 0.733. The lowest BCUT2D eigenvalue weighted by molar-refractivity contribution is -0.144. The molecule has 3 aromatic rings. The van der Waals surface area contributed by atoms with Crippen molar-refractivity contribution in [2.24, 2.45) is 34.0 Å². The van der Waals surface area contributed by atoms with Crippen LogP contribution in [0.2, 0.25) is 0 Å². The molecule has 1 saturated heterocycles. The summed E-state index contributed by atoms with van der Waals surface area (Å²) in [5.74, 6) is 1.44. The van der Waals surface area contributed by atoms with Crippen molar-refractivity contribution in [3.63, 3.8) is 0 Å². The lowest BCUT2D eigenvalue weighted by Gasteiger charge is -2.42. The van der Waals surface area contributed by atoms with Gasteiger partial charge in [0.2, 0.25) is 17.7 Å². The minimum Gasteiger partial charge on any atom is -0.512 e. The third-order valence-electron chi connectivity index (χ3n) is 16.2. The number of fused-ring (bicyclic) bond motifs is 2. The van der Waals surface area contributed by atoms with Gasteiger partial charge in [0, 0.05) is 44.7 Å². The number of unbranched alkanes of at least 4 members (excludes halogenated alkanes) is 1. The first-order valence-electron chi connectivity index (χ1n) is 26.0. The molecule has 1 aromatic heterocycles. The summed E-state index contributed by atoms with van der Waals surface area (Å²) in [6, 6.07) is 12.1. The Morgan fingerprint density at radius 1 is 0.972 bits per heavy atom. The van der Waals surface area contributed by atoms with Crippen molar-refractivity contribution in [1.29, 1.82) is 0 Å². The van der Waals surface area contributed by atoms with E-state index in [4.69, 9.17) is 18.9 Å². The van der Waals surface area contributed by atoms with Gasteiger partial charge in [0.05, 0.1) is 54.4 Å². The summed E-state index contributed by atoms with van der Waals surface area (Å²) in [7, 11) is 0. The molecule has 0 bridgehead atoms. The fraction of sp³-hybridized carbons (Fsp3) is 0.643. The topological polar surface area (TPSA) is 189 Å². The van der Waals surface area contributed by atoms with Crippen molar-refractivity contribution < 1.29 is 48.7 Å². The number of amides is 3. The quantitative estimate of drug-likeness (QED) is 0.0405. The number of aromatic nitrogens is 1. The number of aliphatic hydroxyl groups is 2. The Bertz CT molecular complexity index is 2280. The van der Waals surface area contributed by atoms with E-state index in [-0.39, 0.29) is 42.9 Å². The van der Waals surface area contributed by atoms with Crippen molar-refractivity contribution in [2.45, 2.75) is 136 Å². The second-order valence-electron chi connectivity index (χ2n) is 21.9. The molecule has 3 aliphatic carbocycles. The number of benzene rings is 2. The highest BCUT2D eigenvalue weighted by molar-refractivity contribution is 7.13. The van der Waals surface area contributed by atoms with E-state index in [1.165, 1.54) is 22.4 Å². The molecule has 2 heterocycles. The van der Waals surface area contributed by atoms with Gasteiger partial charge in [-0.15, -0.1) is 11.3 Å². The summed E-state index contributed by atoms with van der Waals surface area (Å²) >= 11 is 1.58. The van der Waals surface area contributed by atoms with Gasteiger partial charge in [-0.05, 0) is 121 Å². The molecule has 0 unspecified atom stereocenters. The fourth-order valence-electron chi connectivity index (χ4n) is 12.4. The van der Waals surface area contributed by atoms with E-state index in [2.05, 4.69) is 42.1 Å².